The normalized spacial score (nSPS) is 12.0. The number of nitrogens with two attached hydrogens (primary N) is 1. The lowest BCUT2D eigenvalue weighted by atomic mass is 10.2. The van der Waals surface area contributed by atoms with Crippen molar-refractivity contribution >= 4 is 0 Å². The van der Waals surface area contributed by atoms with Crippen molar-refractivity contribution in [2.24, 2.45) is 5.73 Å². The van der Waals surface area contributed by atoms with Gasteiger partial charge < -0.3 is 5.73 Å². The first-order valence-electron chi connectivity index (χ1n) is 4.08. The predicted octanol–water partition coefficient (Wildman–Crippen LogP) is 0.739. The fourth-order valence-corrected chi connectivity index (χ4v) is 1.07. The Balaban J connectivity index is 2.91. The fraction of sp³-hybridized carbons (Fsp3) is 0.714. The lowest BCUT2D eigenvalue weighted by Crippen LogP contribution is -2.23. The highest BCUT2D eigenvalue weighted by Crippen LogP contribution is 2.28. The number of aromatic nitrogens is 3. The van der Waals surface area contributed by atoms with Gasteiger partial charge in [-0.15, -0.1) is 0 Å². The summed E-state index contributed by atoms with van der Waals surface area (Å²) in [5, 5.41) is 3.67. The smallest absolute Gasteiger partial charge is 0.307 e. The first-order chi connectivity index (χ1) is 6.11. The Hall–Kier alpha value is -1.04. The van der Waals surface area contributed by atoms with E-state index in [1.54, 1.807) is 6.92 Å². The van der Waals surface area contributed by atoms with Gasteiger partial charge in [-0.1, -0.05) is 0 Å². The second-order valence-electron chi connectivity index (χ2n) is 2.64. The van der Waals surface area contributed by atoms with Gasteiger partial charge in [0.05, 0.1) is 0 Å². The van der Waals surface area contributed by atoms with Crippen LogP contribution in [0.1, 0.15) is 19.2 Å². The number of alkyl halides is 2. The van der Waals surface area contributed by atoms with Crippen LogP contribution < -0.4 is 5.73 Å². The third-order valence-electron chi connectivity index (χ3n) is 1.70. The van der Waals surface area contributed by atoms with Crippen LogP contribution in [0.25, 0.3) is 0 Å². The SMILES string of the molecule is CCn1ncnc1C(F)(F)CCN. The molecule has 1 rings (SSSR count). The van der Waals surface area contributed by atoms with Gasteiger partial charge in [-0.2, -0.15) is 13.9 Å². The van der Waals surface area contributed by atoms with Gasteiger partial charge in [-0.05, 0) is 13.5 Å². The summed E-state index contributed by atoms with van der Waals surface area (Å²) in [5.74, 6) is -3.28. The van der Waals surface area contributed by atoms with E-state index in [0.717, 1.165) is 6.33 Å². The molecule has 0 amide bonds. The molecule has 1 aromatic rings. The maximum Gasteiger partial charge on any atom is 0.307 e. The fourth-order valence-electron chi connectivity index (χ4n) is 1.07. The van der Waals surface area contributed by atoms with Crippen LogP contribution in [0.2, 0.25) is 0 Å². The molecule has 0 radical (unpaired) electrons. The monoisotopic (exact) mass is 190 g/mol. The standard InChI is InChI=1S/C7H12F2N4/c1-2-13-6(11-5-12-13)7(8,9)3-4-10/h5H,2-4,10H2,1H3. The molecule has 1 aromatic heterocycles. The summed E-state index contributed by atoms with van der Waals surface area (Å²) in [4.78, 5) is 3.52. The molecule has 2 N–H and O–H groups in total. The van der Waals surface area contributed by atoms with Crippen molar-refractivity contribution < 1.29 is 8.78 Å². The van der Waals surface area contributed by atoms with Crippen LogP contribution in [0.15, 0.2) is 6.33 Å². The van der Waals surface area contributed by atoms with Gasteiger partial charge in [0.15, 0.2) is 5.82 Å². The van der Waals surface area contributed by atoms with Crippen molar-refractivity contribution in [3.63, 3.8) is 0 Å². The van der Waals surface area contributed by atoms with Gasteiger partial charge in [-0.25, -0.2) is 9.67 Å². The number of rotatable bonds is 4. The number of hydrogen-bond donors (Lipinski definition) is 1. The lowest BCUT2D eigenvalue weighted by molar-refractivity contribution is -0.0240. The van der Waals surface area contributed by atoms with Crippen LogP contribution in [-0.2, 0) is 12.5 Å². The van der Waals surface area contributed by atoms with Crippen molar-refractivity contribution in [2.45, 2.75) is 25.8 Å². The zero-order valence-electron chi connectivity index (χ0n) is 7.37. The van der Waals surface area contributed by atoms with Crippen LogP contribution in [0.3, 0.4) is 0 Å². The topological polar surface area (TPSA) is 56.7 Å². The molecule has 0 spiro atoms. The summed E-state index contributed by atoms with van der Waals surface area (Å²) >= 11 is 0. The maximum atomic E-state index is 13.2. The second kappa shape index (κ2) is 3.78. The van der Waals surface area contributed by atoms with Crippen molar-refractivity contribution in [3.8, 4) is 0 Å². The van der Waals surface area contributed by atoms with E-state index in [2.05, 4.69) is 10.1 Å². The summed E-state index contributed by atoms with van der Waals surface area (Å²) in [6.07, 6.45) is 0.731. The first-order valence-corrected chi connectivity index (χ1v) is 4.08. The van der Waals surface area contributed by atoms with E-state index < -0.39 is 12.3 Å². The Morgan fingerprint density at radius 2 is 2.31 bits per heavy atom. The summed E-state index contributed by atoms with van der Waals surface area (Å²) in [5.41, 5.74) is 5.07. The van der Waals surface area contributed by atoms with Crippen molar-refractivity contribution in [1.82, 2.24) is 14.8 Å². The Morgan fingerprint density at radius 1 is 1.62 bits per heavy atom. The van der Waals surface area contributed by atoms with Gasteiger partial charge in [0.1, 0.15) is 6.33 Å². The van der Waals surface area contributed by atoms with Crippen LogP contribution in [0.5, 0.6) is 0 Å². The van der Waals surface area contributed by atoms with Gasteiger partial charge >= 0.3 is 5.92 Å². The predicted molar refractivity (Wildman–Crippen MR) is 43.3 cm³/mol. The quantitative estimate of drug-likeness (QED) is 0.761. The third-order valence-corrected chi connectivity index (χ3v) is 1.70. The molecule has 0 saturated carbocycles. The summed E-state index contributed by atoms with van der Waals surface area (Å²) < 4.78 is 27.6. The minimum absolute atomic E-state index is 0.0659. The molecule has 0 aliphatic carbocycles. The lowest BCUT2D eigenvalue weighted by Gasteiger charge is -2.14. The molecule has 0 aromatic carbocycles. The van der Waals surface area contributed by atoms with Crippen LogP contribution in [-0.4, -0.2) is 21.3 Å². The van der Waals surface area contributed by atoms with Crippen molar-refractivity contribution in [1.29, 1.82) is 0 Å². The molecule has 74 valence electrons. The van der Waals surface area contributed by atoms with E-state index in [4.69, 9.17) is 5.73 Å². The third kappa shape index (κ3) is 2.00. The molecule has 0 bridgehead atoms. The Labute approximate surface area is 74.8 Å². The molecular weight excluding hydrogens is 178 g/mol. The Kier molecular flexibility index (Phi) is 2.92. The van der Waals surface area contributed by atoms with Crippen LogP contribution in [0.4, 0.5) is 8.78 Å². The molecular formula is C7H12F2N4. The molecule has 13 heavy (non-hydrogen) atoms. The van der Waals surface area contributed by atoms with Gasteiger partial charge in [0.25, 0.3) is 0 Å². The number of nitrogens with zero attached hydrogens (tertiary/aromatic N) is 3. The number of hydrogen-bond acceptors (Lipinski definition) is 3. The van der Waals surface area contributed by atoms with Crippen molar-refractivity contribution in [2.75, 3.05) is 6.54 Å². The summed E-state index contributed by atoms with van der Waals surface area (Å²) in [7, 11) is 0. The molecule has 0 unspecified atom stereocenters. The highest BCUT2D eigenvalue weighted by molar-refractivity contribution is 4.95. The van der Waals surface area contributed by atoms with Gasteiger partial charge in [-0.3, -0.25) is 0 Å². The summed E-state index contributed by atoms with van der Waals surface area (Å²) in [6.45, 7) is 2.05. The molecule has 1 heterocycles. The second-order valence-corrected chi connectivity index (χ2v) is 2.64. The molecule has 6 heteroatoms. The van der Waals surface area contributed by atoms with E-state index in [9.17, 15) is 8.78 Å². The Morgan fingerprint density at radius 3 is 2.85 bits per heavy atom. The number of aryl methyl sites for hydroxylation is 1. The molecule has 0 saturated heterocycles. The molecule has 0 fully saturated rings. The highest BCUT2D eigenvalue weighted by Gasteiger charge is 2.35. The highest BCUT2D eigenvalue weighted by atomic mass is 19.3. The Bertz CT molecular complexity index is 271. The molecule has 0 aliphatic rings. The maximum absolute atomic E-state index is 13.2. The molecule has 4 nitrogen and oxygen atoms in total. The minimum Gasteiger partial charge on any atom is -0.330 e. The van der Waals surface area contributed by atoms with E-state index in [1.807, 2.05) is 0 Å². The first kappa shape index (κ1) is 10.0. The molecule has 0 aliphatic heterocycles. The van der Waals surface area contributed by atoms with E-state index in [-0.39, 0.29) is 12.4 Å². The average Bonchev–Trinajstić information content (AvgIpc) is 2.51. The van der Waals surface area contributed by atoms with Crippen molar-refractivity contribution in [3.05, 3.63) is 12.2 Å². The average molecular weight is 190 g/mol. The van der Waals surface area contributed by atoms with Gasteiger partial charge in [0, 0.05) is 13.0 Å². The van der Waals surface area contributed by atoms with Gasteiger partial charge in [0.2, 0.25) is 0 Å². The minimum atomic E-state index is -2.97. The van der Waals surface area contributed by atoms with Crippen LogP contribution in [0, 0.1) is 0 Å². The number of halogens is 2. The zero-order chi connectivity index (χ0) is 9.90. The zero-order valence-corrected chi connectivity index (χ0v) is 7.37. The van der Waals surface area contributed by atoms with E-state index >= 15 is 0 Å². The largest absolute Gasteiger partial charge is 0.330 e. The van der Waals surface area contributed by atoms with E-state index in [0.29, 0.717) is 6.54 Å². The van der Waals surface area contributed by atoms with Crippen LogP contribution >= 0.6 is 0 Å². The van der Waals surface area contributed by atoms with E-state index in [1.165, 1.54) is 4.68 Å². The molecule has 0 atom stereocenters. The summed E-state index contributed by atoms with van der Waals surface area (Å²) in [6, 6.07) is 0.